The van der Waals surface area contributed by atoms with Gasteiger partial charge in [0.25, 0.3) is 0 Å². The van der Waals surface area contributed by atoms with E-state index in [0.717, 1.165) is 29.7 Å². The number of piperidine rings is 1. The summed E-state index contributed by atoms with van der Waals surface area (Å²) in [4.78, 5) is 22.6. The molecule has 1 aromatic carbocycles. The zero-order valence-corrected chi connectivity index (χ0v) is 15.7. The Morgan fingerprint density at radius 1 is 1.32 bits per heavy atom. The average Bonchev–Trinajstić information content (AvgIpc) is 3.21. The predicted octanol–water partition coefficient (Wildman–Crippen LogP) is 3.10. The van der Waals surface area contributed by atoms with Gasteiger partial charge in [-0.15, -0.1) is 11.8 Å². The van der Waals surface area contributed by atoms with Crippen molar-refractivity contribution >= 4 is 28.7 Å². The largest absolute Gasteiger partial charge is 0.342 e. The summed E-state index contributed by atoms with van der Waals surface area (Å²) in [5.74, 6) is 1.69. The van der Waals surface area contributed by atoms with Gasteiger partial charge in [0.15, 0.2) is 0 Å². The van der Waals surface area contributed by atoms with E-state index in [1.54, 1.807) is 11.8 Å². The van der Waals surface area contributed by atoms with Crippen LogP contribution in [0.15, 0.2) is 24.3 Å². The molecule has 2 aliphatic rings. The van der Waals surface area contributed by atoms with Crippen LogP contribution in [0, 0.1) is 0 Å². The van der Waals surface area contributed by atoms with Crippen LogP contribution >= 0.6 is 11.8 Å². The number of amides is 1. The molecule has 2 aliphatic heterocycles. The van der Waals surface area contributed by atoms with E-state index >= 15 is 0 Å². The van der Waals surface area contributed by atoms with Gasteiger partial charge in [0, 0.05) is 25.2 Å². The number of hydrogen-bond acceptors (Lipinski definition) is 4. The highest BCUT2D eigenvalue weighted by Crippen LogP contribution is 2.31. The van der Waals surface area contributed by atoms with Crippen LogP contribution in [0.3, 0.4) is 0 Å². The molecule has 0 saturated carbocycles. The van der Waals surface area contributed by atoms with Crippen molar-refractivity contribution in [2.75, 3.05) is 12.8 Å². The molecule has 2 fully saturated rings. The normalized spacial score (nSPS) is 26.7. The standard InChI is InChI=1S/C19H26N4OS/c1-12(19-21-16-5-3-4-6-17(16)22-19)25-11-18(24)23(2)15-9-13-7-8-14(10-15)20-13/h3-6,12-15,20H,7-11H2,1-2H3,(H,21,22). The maximum atomic E-state index is 12.6. The number of aromatic nitrogens is 2. The second-order valence-corrected chi connectivity index (χ2v) is 8.69. The van der Waals surface area contributed by atoms with Gasteiger partial charge in [-0.25, -0.2) is 4.98 Å². The number of nitrogens with one attached hydrogen (secondary N) is 2. The lowest BCUT2D eigenvalue weighted by atomic mass is 9.98. The average molecular weight is 359 g/mol. The lowest BCUT2D eigenvalue weighted by Crippen LogP contribution is -2.49. The molecule has 2 saturated heterocycles. The molecule has 25 heavy (non-hydrogen) atoms. The Hall–Kier alpha value is -1.53. The van der Waals surface area contributed by atoms with E-state index in [-0.39, 0.29) is 11.2 Å². The fourth-order valence-corrected chi connectivity index (χ4v) is 4.95. The topological polar surface area (TPSA) is 61.0 Å². The number of carbonyl (C=O) groups is 1. The Morgan fingerprint density at radius 3 is 2.76 bits per heavy atom. The highest BCUT2D eigenvalue weighted by atomic mass is 32.2. The lowest BCUT2D eigenvalue weighted by molar-refractivity contribution is -0.129. The summed E-state index contributed by atoms with van der Waals surface area (Å²) >= 11 is 1.66. The fraction of sp³-hybridized carbons (Fsp3) is 0.579. The third-order valence-corrected chi connectivity index (χ3v) is 6.78. The summed E-state index contributed by atoms with van der Waals surface area (Å²) in [6.07, 6.45) is 4.73. The first-order valence-electron chi connectivity index (χ1n) is 9.18. The van der Waals surface area contributed by atoms with Gasteiger partial charge in [0.05, 0.1) is 22.0 Å². The van der Waals surface area contributed by atoms with Crippen molar-refractivity contribution in [1.82, 2.24) is 20.2 Å². The van der Waals surface area contributed by atoms with Crippen molar-refractivity contribution in [3.05, 3.63) is 30.1 Å². The molecule has 2 bridgehead atoms. The minimum atomic E-state index is 0.175. The highest BCUT2D eigenvalue weighted by molar-refractivity contribution is 8.00. The molecule has 4 rings (SSSR count). The van der Waals surface area contributed by atoms with E-state index in [4.69, 9.17) is 0 Å². The van der Waals surface area contributed by atoms with Crippen molar-refractivity contribution in [3.8, 4) is 0 Å². The molecular formula is C19H26N4OS. The van der Waals surface area contributed by atoms with E-state index in [1.165, 1.54) is 12.8 Å². The second kappa shape index (κ2) is 7.00. The van der Waals surface area contributed by atoms with Crippen molar-refractivity contribution in [3.63, 3.8) is 0 Å². The quantitative estimate of drug-likeness (QED) is 0.862. The third-order valence-electron chi connectivity index (χ3n) is 5.64. The number of para-hydroxylation sites is 2. The summed E-state index contributed by atoms with van der Waals surface area (Å²) in [7, 11) is 1.98. The molecule has 1 amide bonds. The van der Waals surface area contributed by atoms with Crippen LogP contribution in [-0.2, 0) is 4.79 Å². The van der Waals surface area contributed by atoms with Crippen LogP contribution in [0.4, 0.5) is 0 Å². The zero-order valence-electron chi connectivity index (χ0n) is 14.9. The van der Waals surface area contributed by atoms with Crippen LogP contribution in [0.2, 0.25) is 0 Å². The van der Waals surface area contributed by atoms with Crippen molar-refractivity contribution < 1.29 is 4.79 Å². The predicted molar refractivity (Wildman–Crippen MR) is 103 cm³/mol. The Balaban J connectivity index is 1.33. The van der Waals surface area contributed by atoms with Gasteiger partial charge in [-0.3, -0.25) is 4.79 Å². The Labute approximate surface area is 153 Å². The lowest BCUT2D eigenvalue weighted by Gasteiger charge is -2.35. The summed E-state index contributed by atoms with van der Waals surface area (Å²) in [5.41, 5.74) is 2.04. The third kappa shape index (κ3) is 3.55. The van der Waals surface area contributed by atoms with Crippen molar-refractivity contribution in [2.45, 2.75) is 56.0 Å². The minimum absolute atomic E-state index is 0.175. The van der Waals surface area contributed by atoms with Gasteiger partial charge in [-0.05, 0) is 44.7 Å². The molecule has 3 atom stereocenters. The molecule has 6 heteroatoms. The second-order valence-electron chi connectivity index (χ2n) is 7.36. The number of carbonyl (C=O) groups excluding carboxylic acids is 1. The highest BCUT2D eigenvalue weighted by Gasteiger charge is 2.36. The van der Waals surface area contributed by atoms with Crippen LogP contribution in [0.25, 0.3) is 11.0 Å². The number of fused-ring (bicyclic) bond motifs is 3. The van der Waals surface area contributed by atoms with Gasteiger partial charge in [0.2, 0.25) is 5.91 Å². The van der Waals surface area contributed by atoms with Crippen LogP contribution in [-0.4, -0.2) is 51.7 Å². The number of aromatic amines is 1. The molecule has 0 spiro atoms. The SMILES string of the molecule is CC(SCC(=O)N(C)C1CC2CCC(C1)N2)c1nc2ccccc2[nH]1. The monoisotopic (exact) mass is 358 g/mol. The summed E-state index contributed by atoms with van der Waals surface area (Å²) in [6.45, 7) is 2.11. The Morgan fingerprint density at radius 2 is 2.04 bits per heavy atom. The molecule has 1 aromatic heterocycles. The van der Waals surface area contributed by atoms with Gasteiger partial charge >= 0.3 is 0 Å². The van der Waals surface area contributed by atoms with E-state index < -0.39 is 0 Å². The molecule has 2 aromatic rings. The van der Waals surface area contributed by atoms with E-state index in [9.17, 15) is 4.79 Å². The van der Waals surface area contributed by atoms with Gasteiger partial charge < -0.3 is 15.2 Å². The number of benzene rings is 1. The number of nitrogens with zero attached hydrogens (tertiary/aromatic N) is 2. The maximum Gasteiger partial charge on any atom is 0.232 e. The zero-order chi connectivity index (χ0) is 17.4. The van der Waals surface area contributed by atoms with Gasteiger partial charge in [-0.2, -0.15) is 0 Å². The van der Waals surface area contributed by atoms with Crippen LogP contribution < -0.4 is 5.32 Å². The number of rotatable bonds is 5. The fourth-order valence-electron chi connectivity index (χ4n) is 4.09. The summed E-state index contributed by atoms with van der Waals surface area (Å²) in [6, 6.07) is 9.67. The van der Waals surface area contributed by atoms with Gasteiger partial charge in [0.1, 0.15) is 5.82 Å². The molecule has 3 heterocycles. The first-order chi connectivity index (χ1) is 12.1. The minimum Gasteiger partial charge on any atom is -0.342 e. The van der Waals surface area contributed by atoms with Gasteiger partial charge in [-0.1, -0.05) is 12.1 Å². The molecule has 0 radical (unpaired) electrons. The van der Waals surface area contributed by atoms with E-state index in [2.05, 4.69) is 22.2 Å². The molecule has 5 nitrogen and oxygen atoms in total. The summed E-state index contributed by atoms with van der Waals surface area (Å²) < 4.78 is 0. The molecule has 2 N–H and O–H groups in total. The van der Waals surface area contributed by atoms with E-state index in [1.807, 2.05) is 36.2 Å². The van der Waals surface area contributed by atoms with Crippen LogP contribution in [0.1, 0.15) is 43.7 Å². The first-order valence-corrected chi connectivity index (χ1v) is 10.2. The first kappa shape index (κ1) is 16.9. The Bertz CT molecular complexity index is 716. The number of imidazole rings is 1. The molecule has 0 aliphatic carbocycles. The number of hydrogen-bond donors (Lipinski definition) is 2. The van der Waals surface area contributed by atoms with Crippen molar-refractivity contribution in [1.29, 1.82) is 0 Å². The van der Waals surface area contributed by atoms with Crippen molar-refractivity contribution in [2.24, 2.45) is 0 Å². The number of H-pyrrole nitrogens is 1. The molecule has 134 valence electrons. The molecule has 3 unspecified atom stereocenters. The molecular weight excluding hydrogens is 332 g/mol. The maximum absolute atomic E-state index is 12.6. The Kier molecular flexibility index (Phi) is 4.73. The smallest absolute Gasteiger partial charge is 0.232 e. The number of thioether (sulfide) groups is 1. The summed E-state index contributed by atoms with van der Waals surface area (Å²) in [5, 5.41) is 3.82. The van der Waals surface area contributed by atoms with E-state index in [0.29, 0.717) is 23.9 Å². The van der Waals surface area contributed by atoms with Crippen LogP contribution in [0.5, 0.6) is 0 Å².